The maximum Gasteiger partial charge on any atom is 0.360 e. The number of anilines is 1. The van der Waals surface area contributed by atoms with Gasteiger partial charge < -0.3 is 15.3 Å². The minimum Gasteiger partial charge on any atom is -0.476 e. The van der Waals surface area contributed by atoms with Crippen molar-refractivity contribution in [1.82, 2.24) is 4.98 Å². The quantitative estimate of drug-likeness (QED) is 0.442. The van der Waals surface area contributed by atoms with Crippen molar-refractivity contribution < 1.29 is 19.5 Å². The fraction of sp³-hybridized carbons (Fsp3) is 0.333. The predicted octanol–water partition coefficient (Wildman–Crippen LogP) is 0.679. The Kier molecular flexibility index (Phi) is 3.33. The molecule has 0 saturated heterocycles. The Morgan fingerprint density at radius 3 is 3.06 bits per heavy atom. The van der Waals surface area contributed by atoms with E-state index in [9.17, 15) is 9.59 Å². The lowest BCUT2D eigenvalue weighted by molar-refractivity contribution is -0.129. The van der Waals surface area contributed by atoms with Crippen molar-refractivity contribution in [2.75, 3.05) is 5.32 Å². The topological polar surface area (TPSA) is 101 Å². The van der Waals surface area contributed by atoms with Crippen LogP contribution in [0.3, 0.4) is 0 Å². The van der Waals surface area contributed by atoms with Crippen LogP contribution < -0.4 is 5.32 Å². The summed E-state index contributed by atoms with van der Waals surface area (Å²) in [5.41, 5.74) is -0.0837. The Hall–Kier alpha value is -1.96. The van der Waals surface area contributed by atoms with E-state index in [4.69, 9.17) is 9.94 Å². The fourth-order valence-electron chi connectivity index (χ4n) is 0.995. The van der Waals surface area contributed by atoms with Gasteiger partial charge in [0.05, 0.1) is 0 Å². The average Bonchev–Trinajstić information content (AvgIpc) is 2.99. The van der Waals surface area contributed by atoms with Crippen LogP contribution in [0.2, 0.25) is 0 Å². The van der Waals surface area contributed by atoms with Gasteiger partial charge in [-0.15, -0.1) is 11.3 Å². The summed E-state index contributed by atoms with van der Waals surface area (Å²) in [5.74, 6) is -1.21. The van der Waals surface area contributed by atoms with Gasteiger partial charge in [-0.25, -0.2) is 9.78 Å². The van der Waals surface area contributed by atoms with Crippen molar-refractivity contribution in [3.8, 4) is 0 Å². The third kappa shape index (κ3) is 3.00. The Morgan fingerprint density at radius 1 is 1.71 bits per heavy atom. The van der Waals surface area contributed by atoms with Crippen LogP contribution in [0.25, 0.3) is 0 Å². The summed E-state index contributed by atoms with van der Waals surface area (Å²) >= 11 is 1.12. The van der Waals surface area contributed by atoms with Crippen LogP contribution in [0.5, 0.6) is 0 Å². The molecular weight excluding hydrogens is 246 g/mol. The van der Waals surface area contributed by atoms with Crippen LogP contribution in [0.4, 0.5) is 5.13 Å². The van der Waals surface area contributed by atoms with E-state index < -0.39 is 5.97 Å². The van der Waals surface area contributed by atoms with Crippen LogP contribution in [-0.2, 0) is 14.4 Å². The minimum absolute atomic E-state index is 0.0237. The standard InChI is InChI=1S/C9H9N3O4S/c13-4-10-9-11-6(3-17-9)7(8(14)15)12-16-5-1-2-5/h3-5H,1-2H2,(H,14,15)(H,10,11,13)/b12-7-. The number of carboxylic acid groups (broad SMARTS) is 1. The molecule has 1 fully saturated rings. The number of carbonyl (C=O) groups is 2. The van der Waals surface area contributed by atoms with E-state index in [1.54, 1.807) is 0 Å². The van der Waals surface area contributed by atoms with Crippen LogP contribution in [0.1, 0.15) is 18.5 Å². The zero-order valence-corrected chi connectivity index (χ0v) is 9.44. The van der Waals surface area contributed by atoms with E-state index >= 15 is 0 Å². The summed E-state index contributed by atoms with van der Waals surface area (Å²) in [6.07, 6.45) is 2.29. The number of thiazole rings is 1. The molecule has 0 aliphatic heterocycles. The molecule has 2 N–H and O–H groups in total. The van der Waals surface area contributed by atoms with Crippen LogP contribution >= 0.6 is 11.3 Å². The van der Waals surface area contributed by atoms with Crippen LogP contribution in [0.15, 0.2) is 10.5 Å². The summed E-state index contributed by atoms with van der Waals surface area (Å²) in [6, 6.07) is 0. The number of carboxylic acids is 1. The molecule has 7 nitrogen and oxygen atoms in total. The second-order valence-corrected chi connectivity index (χ2v) is 4.21. The van der Waals surface area contributed by atoms with Gasteiger partial charge in [-0.1, -0.05) is 5.16 Å². The van der Waals surface area contributed by atoms with Crippen molar-refractivity contribution in [2.24, 2.45) is 5.16 Å². The maximum absolute atomic E-state index is 11.0. The molecule has 90 valence electrons. The molecule has 0 spiro atoms. The number of nitrogens with one attached hydrogen (secondary N) is 1. The van der Waals surface area contributed by atoms with E-state index in [0.717, 1.165) is 24.2 Å². The second-order valence-electron chi connectivity index (χ2n) is 3.35. The molecule has 0 radical (unpaired) electrons. The molecular formula is C9H9N3O4S. The molecule has 1 aliphatic carbocycles. The van der Waals surface area contributed by atoms with Crippen molar-refractivity contribution in [1.29, 1.82) is 0 Å². The molecule has 1 amide bonds. The molecule has 17 heavy (non-hydrogen) atoms. The molecule has 0 aromatic carbocycles. The van der Waals surface area contributed by atoms with Gasteiger partial charge in [-0.2, -0.15) is 0 Å². The Bertz CT molecular complexity index is 467. The van der Waals surface area contributed by atoms with Gasteiger partial charge in [0.25, 0.3) is 0 Å². The first-order valence-corrected chi connectivity index (χ1v) is 5.72. The molecule has 1 aliphatic rings. The molecule has 1 heterocycles. The van der Waals surface area contributed by atoms with Crippen LogP contribution in [-0.4, -0.2) is 34.3 Å². The first-order valence-electron chi connectivity index (χ1n) is 4.84. The normalized spacial score (nSPS) is 15.4. The molecule has 1 aromatic rings. The van der Waals surface area contributed by atoms with Crippen molar-refractivity contribution in [3.05, 3.63) is 11.1 Å². The smallest absolute Gasteiger partial charge is 0.360 e. The number of oxime groups is 1. The van der Waals surface area contributed by atoms with E-state index in [1.807, 2.05) is 0 Å². The van der Waals surface area contributed by atoms with Gasteiger partial charge in [0, 0.05) is 5.38 Å². The largest absolute Gasteiger partial charge is 0.476 e. The van der Waals surface area contributed by atoms with E-state index in [2.05, 4.69) is 15.5 Å². The van der Waals surface area contributed by atoms with Gasteiger partial charge in [0.2, 0.25) is 12.1 Å². The van der Waals surface area contributed by atoms with Gasteiger partial charge in [-0.3, -0.25) is 4.79 Å². The predicted molar refractivity (Wildman–Crippen MR) is 60.1 cm³/mol. The van der Waals surface area contributed by atoms with E-state index in [1.165, 1.54) is 5.38 Å². The zero-order chi connectivity index (χ0) is 12.3. The lowest BCUT2D eigenvalue weighted by Gasteiger charge is -1.98. The molecule has 1 aromatic heterocycles. The highest BCUT2D eigenvalue weighted by atomic mass is 32.1. The summed E-state index contributed by atoms with van der Waals surface area (Å²) in [4.78, 5) is 30.0. The zero-order valence-electron chi connectivity index (χ0n) is 8.62. The van der Waals surface area contributed by atoms with Gasteiger partial charge in [0.1, 0.15) is 11.8 Å². The number of hydrogen-bond acceptors (Lipinski definition) is 6. The fourth-order valence-corrected chi connectivity index (χ4v) is 1.65. The molecule has 8 heteroatoms. The van der Waals surface area contributed by atoms with Crippen molar-refractivity contribution in [3.63, 3.8) is 0 Å². The molecule has 0 bridgehead atoms. The van der Waals surface area contributed by atoms with Gasteiger partial charge in [-0.05, 0) is 12.8 Å². The summed E-state index contributed by atoms with van der Waals surface area (Å²) in [5, 5.41) is 16.7. The molecule has 2 rings (SSSR count). The number of nitrogens with zero attached hydrogens (tertiary/aromatic N) is 2. The minimum atomic E-state index is -1.21. The lowest BCUT2D eigenvalue weighted by Crippen LogP contribution is -2.16. The number of amides is 1. The highest BCUT2D eigenvalue weighted by Crippen LogP contribution is 2.24. The number of aromatic nitrogens is 1. The third-order valence-electron chi connectivity index (χ3n) is 1.95. The summed E-state index contributed by atoms with van der Waals surface area (Å²) in [6.45, 7) is 0. The number of aliphatic carboxylic acids is 1. The lowest BCUT2D eigenvalue weighted by atomic mass is 10.3. The third-order valence-corrected chi connectivity index (χ3v) is 2.72. The van der Waals surface area contributed by atoms with E-state index in [0.29, 0.717) is 11.5 Å². The monoisotopic (exact) mass is 255 g/mol. The molecule has 0 unspecified atom stereocenters. The number of rotatable bonds is 6. The Labute approximate surface area is 100 Å². The summed E-state index contributed by atoms with van der Waals surface area (Å²) in [7, 11) is 0. The van der Waals surface area contributed by atoms with Crippen LogP contribution in [0, 0.1) is 0 Å². The highest BCUT2D eigenvalue weighted by molar-refractivity contribution is 7.14. The second kappa shape index (κ2) is 4.91. The first kappa shape index (κ1) is 11.5. The molecule has 1 saturated carbocycles. The first-order chi connectivity index (χ1) is 8.20. The maximum atomic E-state index is 11.0. The van der Waals surface area contributed by atoms with E-state index in [-0.39, 0.29) is 17.5 Å². The number of carbonyl (C=O) groups excluding carboxylic acids is 1. The summed E-state index contributed by atoms with van der Waals surface area (Å²) < 4.78 is 0. The van der Waals surface area contributed by atoms with Gasteiger partial charge in [0.15, 0.2) is 5.13 Å². The Balaban J connectivity index is 2.15. The molecule has 0 atom stereocenters. The highest BCUT2D eigenvalue weighted by Gasteiger charge is 2.25. The average molecular weight is 255 g/mol. The number of hydrogen-bond donors (Lipinski definition) is 2. The Morgan fingerprint density at radius 2 is 2.47 bits per heavy atom. The SMILES string of the molecule is O=CNc1nc(/C(=N/OC2CC2)C(=O)O)cs1. The van der Waals surface area contributed by atoms with Crippen molar-refractivity contribution >= 4 is 34.6 Å². The van der Waals surface area contributed by atoms with Crippen molar-refractivity contribution in [2.45, 2.75) is 18.9 Å². The van der Waals surface area contributed by atoms with Gasteiger partial charge >= 0.3 is 5.97 Å².